The highest BCUT2D eigenvalue weighted by molar-refractivity contribution is 8.19. The minimum atomic E-state index is -0.449. The standard InChI is InChI=1S/C17H12ClNO4S/c1-23-13-9-11(18)7-10(15(13)20)8-14-16(21)19(17(22)24-14)12-5-3-2-4-6-12/h2-9,20H,1H3/b14-8-. The Morgan fingerprint density at radius 1 is 1.21 bits per heavy atom. The predicted octanol–water partition coefficient (Wildman–Crippen LogP) is 4.30. The number of anilines is 1. The number of aromatic hydroxyl groups is 1. The van der Waals surface area contributed by atoms with Crippen LogP contribution in [0.1, 0.15) is 5.56 Å². The van der Waals surface area contributed by atoms with Gasteiger partial charge in [0.05, 0.1) is 17.7 Å². The number of para-hydroxylation sites is 1. The van der Waals surface area contributed by atoms with Crippen molar-refractivity contribution >= 4 is 46.3 Å². The Labute approximate surface area is 147 Å². The fourth-order valence-corrected chi connectivity index (χ4v) is 3.32. The number of rotatable bonds is 3. The molecule has 0 aliphatic carbocycles. The van der Waals surface area contributed by atoms with Gasteiger partial charge in [0.15, 0.2) is 11.5 Å². The second-order valence-electron chi connectivity index (χ2n) is 4.90. The van der Waals surface area contributed by atoms with E-state index in [2.05, 4.69) is 0 Å². The van der Waals surface area contributed by atoms with Crippen LogP contribution in [-0.2, 0) is 4.79 Å². The Kier molecular flexibility index (Phi) is 4.51. The lowest BCUT2D eigenvalue weighted by atomic mass is 10.1. The number of phenolic OH excluding ortho intramolecular Hbond substituents is 1. The van der Waals surface area contributed by atoms with Gasteiger partial charge in [0, 0.05) is 16.7 Å². The van der Waals surface area contributed by atoms with Crippen LogP contribution < -0.4 is 9.64 Å². The fraction of sp³-hybridized carbons (Fsp3) is 0.0588. The van der Waals surface area contributed by atoms with E-state index in [1.165, 1.54) is 25.3 Å². The molecule has 0 aromatic heterocycles. The lowest BCUT2D eigenvalue weighted by Gasteiger charge is -2.11. The van der Waals surface area contributed by atoms with Crippen molar-refractivity contribution < 1.29 is 19.4 Å². The molecular formula is C17H12ClNO4S. The van der Waals surface area contributed by atoms with Gasteiger partial charge in [0.1, 0.15) is 0 Å². The highest BCUT2D eigenvalue weighted by Gasteiger charge is 2.36. The van der Waals surface area contributed by atoms with E-state index >= 15 is 0 Å². The van der Waals surface area contributed by atoms with Crippen LogP contribution in [0.2, 0.25) is 5.02 Å². The minimum absolute atomic E-state index is 0.145. The van der Waals surface area contributed by atoms with Gasteiger partial charge in [-0.05, 0) is 36.0 Å². The third-order valence-electron chi connectivity index (χ3n) is 3.38. The molecule has 24 heavy (non-hydrogen) atoms. The molecule has 1 aliphatic heterocycles. The van der Waals surface area contributed by atoms with Gasteiger partial charge in [0.25, 0.3) is 11.1 Å². The lowest BCUT2D eigenvalue weighted by molar-refractivity contribution is -0.113. The van der Waals surface area contributed by atoms with Gasteiger partial charge >= 0.3 is 0 Å². The first kappa shape index (κ1) is 16.4. The fourth-order valence-electron chi connectivity index (χ4n) is 2.27. The van der Waals surface area contributed by atoms with Crippen molar-refractivity contribution in [2.45, 2.75) is 0 Å². The number of methoxy groups -OCH3 is 1. The Bertz CT molecular complexity index is 851. The molecule has 0 saturated carbocycles. The maximum atomic E-state index is 12.5. The van der Waals surface area contributed by atoms with Gasteiger partial charge in [0.2, 0.25) is 0 Å². The number of imide groups is 1. The number of phenols is 1. The van der Waals surface area contributed by atoms with E-state index in [1.54, 1.807) is 30.3 Å². The van der Waals surface area contributed by atoms with Crippen molar-refractivity contribution in [3.05, 3.63) is 58.0 Å². The molecule has 1 fully saturated rings. The summed E-state index contributed by atoms with van der Waals surface area (Å²) in [5.74, 6) is -0.404. The van der Waals surface area contributed by atoms with Gasteiger partial charge < -0.3 is 9.84 Å². The van der Waals surface area contributed by atoms with Crippen LogP contribution in [0.3, 0.4) is 0 Å². The molecule has 2 aromatic carbocycles. The van der Waals surface area contributed by atoms with Crippen molar-refractivity contribution in [2.24, 2.45) is 0 Å². The minimum Gasteiger partial charge on any atom is -0.504 e. The van der Waals surface area contributed by atoms with Gasteiger partial charge in [-0.3, -0.25) is 9.59 Å². The molecule has 0 spiro atoms. The summed E-state index contributed by atoms with van der Waals surface area (Å²) < 4.78 is 5.04. The Hall–Kier alpha value is -2.44. The van der Waals surface area contributed by atoms with E-state index in [1.807, 2.05) is 0 Å². The Morgan fingerprint density at radius 3 is 2.58 bits per heavy atom. The molecule has 5 nitrogen and oxygen atoms in total. The normalized spacial score (nSPS) is 16.1. The zero-order valence-electron chi connectivity index (χ0n) is 12.5. The number of thioether (sulfide) groups is 1. The number of hydrogen-bond donors (Lipinski definition) is 1. The van der Waals surface area contributed by atoms with Gasteiger partial charge in [-0.25, -0.2) is 4.90 Å². The van der Waals surface area contributed by atoms with Crippen LogP contribution in [0, 0.1) is 0 Å². The first-order chi connectivity index (χ1) is 11.5. The van der Waals surface area contributed by atoms with Gasteiger partial charge in [-0.1, -0.05) is 29.8 Å². The molecule has 1 aliphatic rings. The van der Waals surface area contributed by atoms with Crippen molar-refractivity contribution in [3.8, 4) is 11.5 Å². The average Bonchev–Trinajstić information content (AvgIpc) is 2.85. The largest absolute Gasteiger partial charge is 0.504 e. The van der Waals surface area contributed by atoms with Crippen LogP contribution in [0.4, 0.5) is 10.5 Å². The van der Waals surface area contributed by atoms with E-state index in [-0.39, 0.29) is 16.4 Å². The number of halogens is 1. The van der Waals surface area contributed by atoms with E-state index in [4.69, 9.17) is 16.3 Å². The highest BCUT2D eigenvalue weighted by atomic mass is 35.5. The SMILES string of the molecule is COc1cc(Cl)cc(/C=C2\SC(=O)N(c3ccccc3)C2=O)c1O. The number of hydrogen-bond acceptors (Lipinski definition) is 5. The summed E-state index contributed by atoms with van der Waals surface area (Å²) in [6.45, 7) is 0. The molecule has 1 saturated heterocycles. The summed E-state index contributed by atoms with van der Waals surface area (Å²) in [6.07, 6.45) is 1.43. The quantitative estimate of drug-likeness (QED) is 0.826. The van der Waals surface area contributed by atoms with Crippen LogP contribution in [-0.4, -0.2) is 23.4 Å². The molecule has 7 heteroatoms. The molecule has 0 atom stereocenters. The second kappa shape index (κ2) is 6.59. The average molecular weight is 362 g/mol. The molecule has 1 heterocycles. The van der Waals surface area contributed by atoms with Gasteiger partial charge in [-0.15, -0.1) is 0 Å². The molecule has 0 bridgehead atoms. The summed E-state index contributed by atoms with van der Waals surface area (Å²) in [6, 6.07) is 11.6. The summed E-state index contributed by atoms with van der Waals surface area (Å²) >= 11 is 6.79. The topological polar surface area (TPSA) is 66.8 Å². The zero-order chi connectivity index (χ0) is 17.3. The van der Waals surface area contributed by atoms with Crippen molar-refractivity contribution in [2.75, 3.05) is 12.0 Å². The predicted molar refractivity (Wildman–Crippen MR) is 94.6 cm³/mol. The van der Waals surface area contributed by atoms with Crippen molar-refractivity contribution in [3.63, 3.8) is 0 Å². The van der Waals surface area contributed by atoms with Gasteiger partial charge in [-0.2, -0.15) is 0 Å². The molecule has 2 amide bonds. The number of benzene rings is 2. The summed E-state index contributed by atoms with van der Waals surface area (Å²) in [5.41, 5.74) is 0.800. The lowest BCUT2D eigenvalue weighted by Crippen LogP contribution is -2.27. The van der Waals surface area contributed by atoms with E-state index in [0.29, 0.717) is 16.3 Å². The Balaban J connectivity index is 2.00. The van der Waals surface area contributed by atoms with E-state index in [0.717, 1.165) is 16.7 Å². The molecule has 1 N–H and O–H groups in total. The monoisotopic (exact) mass is 361 g/mol. The van der Waals surface area contributed by atoms with Crippen molar-refractivity contribution in [1.29, 1.82) is 0 Å². The molecule has 2 aromatic rings. The van der Waals surface area contributed by atoms with Crippen molar-refractivity contribution in [1.82, 2.24) is 0 Å². The Morgan fingerprint density at radius 2 is 1.92 bits per heavy atom. The summed E-state index contributed by atoms with van der Waals surface area (Å²) in [7, 11) is 1.40. The number of nitrogens with zero attached hydrogens (tertiary/aromatic N) is 1. The molecular weight excluding hydrogens is 350 g/mol. The zero-order valence-corrected chi connectivity index (χ0v) is 14.1. The van der Waals surface area contributed by atoms with Crippen LogP contribution in [0.15, 0.2) is 47.4 Å². The second-order valence-corrected chi connectivity index (χ2v) is 6.33. The molecule has 0 unspecified atom stereocenters. The van der Waals surface area contributed by atoms with E-state index < -0.39 is 11.1 Å². The highest BCUT2D eigenvalue weighted by Crippen LogP contribution is 2.39. The van der Waals surface area contributed by atoms with E-state index in [9.17, 15) is 14.7 Å². The maximum absolute atomic E-state index is 12.5. The summed E-state index contributed by atoms with van der Waals surface area (Å²) in [5, 5.41) is 10.1. The first-order valence-corrected chi connectivity index (χ1v) is 8.10. The van der Waals surface area contributed by atoms with Crippen LogP contribution in [0.5, 0.6) is 11.5 Å². The molecule has 3 rings (SSSR count). The first-order valence-electron chi connectivity index (χ1n) is 6.91. The molecule has 0 radical (unpaired) electrons. The number of carbonyl (C=O) groups is 2. The number of amides is 2. The number of carbonyl (C=O) groups excluding carboxylic acids is 2. The van der Waals surface area contributed by atoms with Crippen LogP contribution in [0.25, 0.3) is 6.08 Å². The summed E-state index contributed by atoms with van der Waals surface area (Å²) in [4.78, 5) is 26.0. The smallest absolute Gasteiger partial charge is 0.298 e. The third-order valence-corrected chi connectivity index (χ3v) is 4.47. The van der Waals surface area contributed by atoms with Crippen LogP contribution >= 0.6 is 23.4 Å². The maximum Gasteiger partial charge on any atom is 0.298 e. The number of ether oxygens (including phenoxy) is 1. The molecule has 122 valence electrons. The third kappa shape index (κ3) is 2.98.